The van der Waals surface area contributed by atoms with Crippen LogP contribution in [0.4, 0.5) is 5.69 Å². The lowest BCUT2D eigenvalue weighted by atomic mass is 10.0. The molecule has 0 bridgehead atoms. The average Bonchev–Trinajstić information content (AvgIpc) is 3.32. The lowest BCUT2D eigenvalue weighted by molar-refractivity contribution is 0.103. The predicted octanol–water partition coefficient (Wildman–Crippen LogP) is 7.02. The number of carbonyl (C=O) groups is 1. The molecule has 0 spiro atoms. The summed E-state index contributed by atoms with van der Waals surface area (Å²) >= 11 is 8.31. The van der Waals surface area contributed by atoms with Crippen LogP contribution in [0.1, 0.15) is 40.7 Å². The van der Waals surface area contributed by atoms with Crippen molar-refractivity contribution >= 4 is 55.3 Å². The highest BCUT2D eigenvalue weighted by atomic mass is 35.5. The Balaban J connectivity index is 1.47. The normalized spacial score (nSPS) is 14.7. The number of halogens is 1. The summed E-state index contributed by atoms with van der Waals surface area (Å²) in [6.45, 7) is 0.266. The van der Waals surface area contributed by atoms with Crippen LogP contribution in [0.25, 0.3) is 10.8 Å². The summed E-state index contributed by atoms with van der Waals surface area (Å²) in [5.74, 6) is 1.80. The minimum Gasteiger partial charge on any atom is -0.481 e. The van der Waals surface area contributed by atoms with Crippen molar-refractivity contribution in [3.63, 3.8) is 0 Å². The van der Waals surface area contributed by atoms with Crippen molar-refractivity contribution < 1.29 is 18.5 Å². The van der Waals surface area contributed by atoms with E-state index in [9.17, 15) is 9.00 Å². The molecule has 4 aromatic rings. The Morgan fingerprint density at radius 3 is 2.59 bits per heavy atom. The number of hydrogen-bond acceptors (Lipinski definition) is 7. The van der Waals surface area contributed by atoms with Gasteiger partial charge in [0.05, 0.1) is 20.9 Å². The first-order valence-electron chi connectivity index (χ1n) is 12.7. The van der Waals surface area contributed by atoms with Gasteiger partial charge in [-0.2, -0.15) is 9.46 Å². The molecule has 10 heteroatoms. The smallest absolute Gasteiger partial charge is 0.223 e. The van der Waals surface area contributed by atoms with Gasteiger partial charge in [-0.05, 0) is 53.6 Å². The van der Waals surface area contributed by atoms with E-state index in [1.54, 1.807) is 19.2 Å². The van der Waals surface area contributed by atoms with E-state index in [0.717, 1.165) is 35.6 Å². The third-order valence-electron chi connectivity index (χ3n) is 6.66. The summed E-state index contributed by atoms with van der Waals surface area (Å²) in [5.41, 5.74) is 1.75. The Bertz CT molecular complexity index is 1630. The van der Waals surface area contributed by atoms with Crippen LogP contribution in [0.2, 0.25) is 5.02 Å². The first-order chi connectivity index (χ1) is 18.9. The lowest BCUT2D eigenvalue weighted by Gasteiger charge is -2.18. The first kappa shape index (κ1) is 27.6. The molecule has 1 fully saturated rings. The minimum absolute atomic E-state index is 0.122. The van der Waals surface area contributed by atoms with Crippen molar-refractivity contribution in [2.75, 3.05) is 23.7 Å². The van der Waals surface area contributed by atoms with Crippen LogP contribution in [0.3, 0.4) is 0 Å². The molecule has 0 radical (unpaired) electrons. The summed E-state index contributed by atoms with van der Waals surface area (Å²) in [5, 5.41) is 6.65. The fourth-order valence-corrected chi connectivity index (χ4v) is 7.41. The van der Waals surface area contributed by atoms with Crippen molar-refractivity contribution in [1.29, 1.82) is 0 Å². The highest BCUT2D eigenvalue weighted by Crippen LogP contribution is 2.41. The molecular weight excluding hydrogens is 554 g/mol. The van der Waals surface area contributed by atoms with Crippen LogP contribution >= 0.6 is 23.4 Å². The predicted molar refractivity (Wildman–Crippen MR) is 159 cm³/mol. The van der Waals surface area contributed by atoms with Gasteiger partial charge in [-0.25, -0.2) is 8.89 Å². The molecular formula is C29H30ClN3O4S2. The van der Waals surface area contributed by atoms with E-state index in [4.69, 9.17) is 21.1 Å². The van der Waals surface area contributed by atoms with E-state index < -0.39 is 9.73 Å². The van der Waals surface area contributed by atoms with Gasteiger partial charge in [-0.3, -0.25) is 4.79 Å². The first-order valence-corrected chi connectivity index (χ1v) is 16.3. The van der Waals surface area contributed by atoms with Crippen LogP contribution in [-0.4, -0.2) is 43.5 Å². The molecule has 7 nitrogen and oxygen atoms in total. The van der Waals surface area contributed by atoms with Gasteiger partial charge in [0.1, 0.15) is 29.5 Å². The molecule has 1 aliphatic heterocycles. The van der Waals surface area contributed by atoms with Gasteiger partial charge in [-0.15, -0.1) is 11.8 Å². The number of ketones is 1. The van der Waals surface area contributed by atoms with E-state index in [0.29, 0.717) is 29.1 Å². The Kier molecular flexibility index (Phi) is 8.49. The molecule has 204 valence electrons. The molecule has 0 amide bonds. The maximum atomic E-state index is 13.8. The third kappa shape index (κ3) is 6.10. The third-order valence-corrected chi connectivity index (χ3v) is 9.76. The monoisotopic (exact) mass is 583 g/mol. The molecule has 0 N–H and O–H groups in total. The number of rotatable bonds is 9. The van der Waals surface area contributed by atoms with Crippen LogP contribution in [0.15, 0.2) is 65.2 Å². The number of aromatic nitrogens is 2. The van der Waals surface area contributed by atoms with Gasteiger partial charge in [0.15, 0.2) is 0 Å². The molecule has 1 aliphatic rings. The Labute approximate surface area is 238 Å². The van der Waals surface area contributed by atoms with Crippen molar-refractivity contribution in [3.05, 3.63) is 82.5 Å². The Morgan fingerprint density at radius 2 is 1.82 bits per heavy atom. The van der Waals surface area contributed by atoms with Gasteiger partial charge >= 0.3 is 0 Å². The van der Waals surface area contributed by atoms with Crippen LogP contribution in [0.5, 0.6) is 11.6 Å². The van der Waals surface area contributed by atoms with E-state index in [1.807, 2.05) is 30.5 Å². The van der Waals surface area contributed by atoms with Crippen molar-refractivity contribution in [2.24, 2.45) is 11.4 Å². The zero-order chi connectivity index (χ0) is 27.4. The van der Waals surface area contributed by atoms with Gasteiger partial charge in [-0.1, -0.05) is 54.4 Å². The molecule has 0 aliphatic carbocycles. The zero-order valence-electron chi connectivity index (χ0n) is 21.9. The number of fused-ring (bicyclic) bond motifs is 1. The Hall–Kier alpha value is -3.01. The molecule has 39 heavy (non-hydrogen) atoms. The Morgan fingerprint density at radius 1 is 1.05 bits per heavy atom. The van der Waals surface area contributed by atoms with Crippen molar-refractivity contribution in [2.45, 2.75) is 25.9 Å². The number of carbonyl (C=O) groups excluding carboxylic acids is 1. The molecule has 0 saturated carbocycles. The highest BCUT2D eigenvalue weighted by Gasteiger charge is 2.26. The second kappa shape index (κ2) is 12.0. The number of thioether (sulfide) groups is 1. The van der Waals surface area contributed by atoms with Crippen molar-refractivity contribution in [3.8, 4) is 11.6 Å². The van der Waals surface area contributed by atoms with Crippen LogP contribution in [-0.2, 0) is 23.4 Å². The summed E-state index contributed by atoms with van der Waals surface area (Å²) in [6, 6.07) is 17.5. The number of hydrogen-bond donors (Lipinski definition) is 0. The molecule has 1 saturated heterocycles. The minimum atomic E-state index is -2.48. The number of ether oxygens (including phenoxy) is 2. The molecule has 3 aromatic carbocycles. The number of aryl methyl sites for hydroxylation is 1. The van der Waals surface area contributed by atoms with Crippen LogP contribution < -0.4 is 9.47 Å². The van der Waals surface area contributed by atoms with Gasteiger partial charge in [0, 0.05) is 24.1 Å². The van der Waals surface area contributed by atoms with E-state index in [1.165, 1.54) is 22.6 Å². The molecule has 0 atom stereocenters. The van der Waals surface area contributed by atoms with Gasteiger partial charge < -0.3 is 9.47 Å². The second-order valence-corrected chi connectivity index (χ2v) is 13.2. The topological polar surface area (TPSA) is 82.8 Å². The molecule has 2 heterocycles. The lowest BCUT2D eigenvalue weighted by Crippen LogP contribution is -2.16. The quantitative estimate of drug-likeness (QED) is 0.155. The maximum absolute atomic E-state index is 13.8. The van der Waals surface area contributed by atoms with Gasteiger partial charge in [0.2, 0.25) is 11.7 Å². The number of nitrogens with zero attached hydrogens (tertiary/aromatic N) is 3. The largest absolute Gasteiger partial charge is 0.481 e. The average molecular weight is 584 g/mol. The van der Waals surface area contributed by atoms with E-state index in [2.05, 4.69) is 27.7 Å². The molecule has 0 unspecified atom stereocenters. The van der Waals surface area contributed by atoms with Crippen LogP contribution in [0, 0.1) is 0 Å². The standard InChI is InChI=1S/C29H30ClN3O4S2/c1-33-29(36-18-20-10-11-21-8-4-5-9-22(21)16-20)24(17-31-33)28(34)23-12-13-25(37-19-38-2)27(26(23)30)32-39(35)14-6-3-7-15-39/h4-5,8-13,16-17H,3,6-7,14-15,18-19H2,1-2H3. The maximum Gasteiger partial charge on any atom is 0.223 e. The van der Waals surface area contributed by atoms with E-state index in [-0.39, 0.29) is 34.2 Å². The summed E-state index contributed by atoms with van der Waals surface area (Å²) < 4.78 is 31.6. The van der Waals surface area contributed by atoms with Gasteiger partial charge in [0.25, 0.3) is 0 Å². The van der Waals surface area contributed by atoms with E-state index >= 15 is 0 Å². The number of benzene rings is 3. The summed E-state index contributed by atoms with van der Waals surface area (Å²) in [6.07, 6.45) is 6.14. The zero-order valence-corrected chi connectivity index (χ0v) is 24.3. The summed E-state index contributed by atoms with van der Waals surface area (Å²) in [7, 11) is -0.754. The fourth-order valence-electron chi connectivity index (χ4n) is 4.62. The van der Waals surface area contributed by atoms with Crippen molar-refractivity contribution in [1.82, 2.24) is 9.78 Å². The highest BCUT2D eigenvalue weighted by molar-refractivity contribution is 7.98. The fraction of sp³-hybridized carbons (Fsp3) is 0.310. The second-order valence-electron chi connectivity index (χ2n) is 9.44. The molecule has 5 rings (SSSR count). The summed E-state index contributed by atoms with van der Waals surface area (Å²) in [4.78, 5) is 13.8. The SMILES string of the molecule is CSCOc1ccc(C(=O)c2cnn(C)c2OCc2ccc3ccccc3c2)c(Cl)c1N=S1(=O)CCCCC1. The molecule has 1 aromatic heterocycles.